The van der Waals surface area contributed by atoms with Crippen LogP contribution in [0.2, 0.25) is 5.02 Å². The minimum atomic E-state index is -0.0636. The van der Waals surface area contributed by atoms with Gasteiger partial charge in [-0.3, -0.25) is 4.79 Å². The second kappa shape index (κ2) is 7.14. The Hall–Kier alpha value is -1.30. The third-order valence-corrected chi connectivity index (χ3v) is 6.14. The predicted octanol–water partition coefficient (Wildman–Crippen LogP) is 2.72. The van der Waals surface area contributed by atoms with E-state index < -0.39 is 0 Å². The van der Waals surface area contributed by atoms with E-state index in [1.165, 1.54) is 12.8 Å². The van der Waals surface area contributed by atoms with Crippen molar-refractivity contribution in [1.29, 1.82) is 0 Å². The van der Waals surface area contributed by atoms with Crippen molar-refractivity contribution in [3.8, 4) is 0 Å². The van der Waals surface area contributed by atoms with Crippen LogP contribution in [0.1, 0.15) is 29.6 Å². The van der Waals surface area contributed by atoms with E-state index in [9.17, 15) is 4.79 Å². The molecule has 1 amide bonds. The first kappa shape index (κ1) is 17.1. The second-order valence-electron chi connectivity index (χ2n) is 7.27. The zero-order chi connectivity index (χ0) is 17.4. The number of hydrogen-bond acceptors (Lipinski definition) is 4. The average molecular weight is 365 g/mol. The molecule has 1 aromatic carbocycles. The molecule has 0 unspecified atom stereocenters. The molecule has 5 nitrogen and oxygen atoms in total. The summed E-state index contributed by atoms with van der Waals surface area (Å²) in [5, 5.41) is 3.84. The van der Waals surface area contributed by atoms with Gasteiger partial charge in [0.25, 0.3) is 5.91 Å². The topological polar surface area (TPSA) is 50.8 Å². The third kappa shape index (κ3) is 3.14. The van der Waals surface area contributed by atoms with Crippen LogP contribution in [0.4, 0.5) is 5.69 Å². The lowest BCUT2D eigenvalue weighted by Gasteiger charge is -2.47. The Morgan fingerprint density at radius 1 is 1.40 bits per heavy atom. The standard InChI is InChI=1S/C19H25ClN2O3/c1-24-11-14-17(13-6-9-25-18(13)14)21-19(23)12-4-5-16(15(20)10-12)22-7-2-3-8-22/h4-5,10,13-14,17-18H,2-3,6-9,11H2,1H3,(H,21,23)/t13-,14+,17+,18-/m0/s1. The number of halogens is 1. The van der Waals surface area contributed by atoms with Crippen molar-refractivity contribution in [2.75, 3.05) is 38.3 Å². The van der Waals surface area contributed by atoms with E-state index in [4.69, 9.17) is 21.1 Å². The minimum Gasteiger partial charge on any atom is -0.384 e. The highest BCUT2D eigenvalue weighted by Gasteiger charge is 2.54. The monoisotopic (exact) mass is 364 g/mol. The van der Waals surface area contributed by atoms with Crippen molar-refractivity contribution < 1.29 is 14.3 Å². The third-order valence-electron chi connectivity index (χ3n) is 5.84. The number of hydrogen-bond donors (Lipinski definition) is 1. The minimum absolute atomic E-state index is 0.0636. The number of ether oxygens (including phenoxy) is 2. The molecular formula is C19H25ClN2O3. The van der Waals surface area contributed by atoms with Gasteiger partial charge in [-0.1, -0.05) is 11.6 Å². The first-order valence-corrected chi connectivity index (χ1v) is 9.52. The Kier molecular flexibility index (Phi) is 4.89. The molecule has 0 aromatic heterocycles. The molecule has 4 rings (SSSR count). The molecule has 1 aromatic rings. The van der Waals surface area contributed by atoms with Crippen LogP contribution >= 0.6 is 11.6 Å². The second-order valence-corrected chi connectivity index (χ2v) is 7.67. The molecule has 2 saturated heterocycles. The smallest absolute Gasteiger partial charge is 0.251 e. The van der Waals surface area contributed by atoms with Gasteiger partial charge in [-0.15, -0.1) is 0 Å². The maximum Gasteiger partial charge on any atom is 0.251 e. The van der Waals surface area contributed by atoms with Crippen molar-refractivity contribution in [2.45, 2.75) is 31.4 Å². The van der Waals surface area contributed by atoms with E-state index in [1.54, 1.807) is 13.2 Å². The maximum atomic E-state index is 12.7. The number of methoxy groups -OCH3 is 1. The molecule has 0 radical (unpaired) electrons. The number of nitrogens with one attached hydrogen (secondary N) is 1. The number of fused-ring (bicyclic) bond motifs is 1. The van der Waals surface area contributed by atoms with Crippen molar-refractivity contribution in [3.05, 3.63) is 28.8 Å². The predicted molar refractivity (Wildman–Crippen MR) is 97.4 cm³/mol. The van der Waals surface area contributed by atoms with Crippen molar-refractivity contribution in [3.63, 3.8) is 0 Å². The molecule has 2 heterocycles. The van der Waals surface area contributed by atoms with Gasteiger partial charge in [0.05, 0.1) is 23.4 Å². The number of nitrogens with zero attached hydrogens (tertiary/aromatic N) is 1. The highest BCUT2D eigenvalue weighted by molar-refractivity contribution is 6.33. The first-order valence-electron chi connectivity index (χ1n) is 9.15. The summed E-state index contributed by atoms with van der Waals surface area (Å²) in [4.78, 5) is 15.0. The molecule has 4 atom stereocenters. The number of amides is 1. The van der Waals surface area contributed by atoms with Crippen molar-refractivity contribution >= 4 is 23.2 Å². The summed E-state index contributed by atoms with van der Waals surface area (Å²) < 4.78 is 11.1. The lowest BCUT2D eigenvalue weighted by Crippen LogP contribution is -2.62. The van der Waals surface area contributed by atoms with Crippen LogP contribution in [0.25, 0.3) is 0 Å². The molecule has 1 saturated carbocycles. The van der Waals surface area contributed by atoms with Gasteiger partial charge >= 0.3 is 0 Å². The van der Waals surface area contributed by atoms with Gasteiger partial charge in [0, 0.05) is 50.2 Å². The largest absolute Gasteiger partial charge is 0.384 e. The summed E-state index contributed by atoms with van der Waals surface area (Å²) in [5.41, 5.74) is 1.65. The number of benzene rings is 1. The van der Waals surface area contributed by atoms with Crippen LogP contribution in [0.5, 0.6) is 0 Å². The van der Waals surface area contributed by atoms with E-state index in [-0.39, 0.29) is 24.0 Å². The number of carbonyl (C=O) groups is 1. The zero-order valence-corrected chi connectivity index (χ0v) is 15.3. The van der Waals surface area contributed by atoms with Gasteiger partial charge in [-0.05, 0) is 37.5 Å². The first-order chi connectivity index (χ1) is 12.2. The fourth-order valence-electron chi connectivity index (χ4n) is 4.53. The molecule has 6 heteroatoms. The van der Waals surface area contributed by atoms with Gasteiger partial charge < -0.3 is 19.7 Å². The SMILES string of the molecule is COC[C@@H]1[C@H](NC(=O)c2ccc(N3CCCC3)c(Cl)c2)[C@@H]2CCO[C@H]12. The fourth-order valence-corrected chi connectivity index (χ4v) is 4.83. The molecule has 3 aliphatic rings. The molecule has 1 aliphatic carbocycles. The van der Waals surface area contributed by atoms with Crippen LogP contribution in [-0.2, 0) is 9.47 Å². The molecule has 0 bridgehead atoms. The summed E-state index contributed by atoms with van der Waals surface area (Å²) in [7, 11) is 1.69. The van der Waals surface area contributed by atoms with Crippen molar-refractivity contribution in [2.24, 2.45) is 11.8 Å². The summed E-state index contributed by atoms with van der Waals surface area (Å²) in [6.07, 6.45) is 3.63. The lowest BCUT2D eigenvalue weighted by molar-refractivity contribution is -0.0809. The van der Waals surface area contributed by atoms with Gasteiger partial charge in [0.1, 0.15) is 0 Å². The molecule has 2 aliphatic heterocycles. The summed E-state index contributed by atoms with van der Waals surface area (Å²) >= 11 is 6.44. The fraction of sp³-hybridized carbons (Fsp3) is 0.632. The van der Waals surface area contributed by atoms with Gasteiger partial charge in [0.15, 0.2) is 0 Å². The van der Waals surface area contributed by atoms with Crippen LogP contribution in [0, 0.1) is 11.8 Å². The van der Waals surface area contributed by atoms with Crippen LogP contribution < -0.4 is 10.2 Å². The molecule has 1 N–H and O–H groups in total. The highest BCUT2D eigenvalue weighted by atomic mass is 35.5. The molecular weight excluding hydrogens is 340 g/mol. The van der Waals surface area contributed by atoms with Crippen LogP contribution in [0.15, 0.2) is 18.2 Å². The molecule has 3 fully saturated rings. The Morgan fingerprint density at radius 2 is 2.20 bits per heavy atom. The Morgan fingerprint density at radius 3 is 2.92 bits per heavy atom. The molecule has 0 spiro atoms. The van der Waals surface area contributed by atoms with E-state index in [0.29, 0.717) is 23.1 Å². The summed E-state index contributed by atoms with van der Waals surface area (Å²) in [5.74, 6) is 0.579. The molecule has 25 heavy (non-hydrogen) atoms. The van der Waals surface area contributed by atoms with E-state index in [0.717, 1.165) is 31.8 Å². The van der Waals surface area contributed by atoms with Gasteiger partial charge in [-0.25, -0.2) is 0 Å². The van der Waals surface area contributed by atoms with E-state index in [1.807, 2.05) is 12.1 Å². The van der Waals surface area contributed by atoms with Gasteiger partial charge in [-0.2, -0.15) is 0 Å². The van der Waals surface area contributed by atoms with Crippen LogP contribution in [0.3, 0.4) is 0 Å². The Labute approximate surface area is 153 Å². The number of carbonyl (C=O) groups excluding carboxylic acids is 1. The lowest BCUT2D eigenvalue weighted by atomic mass is 9.67. The quantitative estimate of drug-likeness (QED) is 0.872. The number of rotatable bonds is 5. The van der Waals surface area contributed by atoms with E-state index in [2.05, 4.69) is 10.2 Å². The Balaban J connectivity index is 1.45. The van der Waals surface area contributed by atoms with Crippen LogP contribution in [-0.4, -0.2) is 51.5 Å². The maximum absolute atomic E-state index is 12.7. The summed E-state index contributed by atoms with van der Waals surface area (Å²) in [6.45, 7) is 3.46. The molecule has 136 valence electrons. The van der Waals surface area contributed by atoms with Gasteiger partial charge in [0.2, 0.25) is 0 Å². The van der Waals surface area contributed by atoms with Crippen molar-refractivity contribution in [1.82, 2.24) is 5.32 Å². The highest BCUT2D eigenvalue weighted by Crippen LogP contribution is 2.44. The summed E-state index contributed by atoms with van der Waals surface area (Å²) in [6, 6.07) is 5.76. The Bertz CT molecular complexity index is 648. The average Bonchev–Trinajstić information content (AvgIpc) is 3.27. The number of anilines is 1. The normalized spacial score (nSPS) is 30.9. The zero-order valence-electron chi connectivity index (χ0n) is 14.5. The van der Waals surface area contributed by atoms with E-state index >= 15 is 0 Å².